The molecular weight excluding hydrogens is 222 g/mol. The maximum atomic E-state index is 11.9. The van der Waals surface area contributed by atoms with Crippen LogP contribution in [-0.4, -0.2) is 16.2 Å². The summed E-state index contributed by atoms with van der Waals surface area (Å²) in [6.07, 6.45) is 2.29. The van der Waals surface area contributed by atoms with Crippen LogP contribution in [0.1, 0.15) is 22.3 Å². The van der Waals surface area contributed by atoms with E-state index < -0.39 is 0 Å². The van der Waals surface area contributed by atoms with Crippen LogP contribution < -0.4 is 0 Å². The molecule has 0 radical (unpaired) electrons. The van der Waals surface area contributed by atoms with Crippen molar-refractivity contribution in [2.75, 3.05) is 5.88 Å². The summed E-state index contributed by atoms with van der Waals surface area (Å²) in [6, 6.07) is 6.12. The number of hydrogen-bond acceptors (Lipinski definition) is 1. The average molecular weight is 236 g/mol. The Hall–Kier alpha value is -1.28. The summed E-state index contributed by atoms with van der Waals surface area (Å²) in [5.41, 5.74) is 3.07. The van der Waals surface area contributed by atoms with Gasteiger partial charge in [-0.1, -0.05) is 12.1 Å². The summed E-state index contributed by atoms with van der Waals surface area (Å²) < 4.78 is 1.99. The van der Waals surface area contributed by atoms with E-state index in [-0.39, 0.29) is 5.78 Å². The minimum Gasteiger partial charge on any atom is -0.350 e. The molecule has 1 heterocycles. The lowest BCUT2D eigenvalue weighted by Crippen LogP contribution is -1.98. The maximum Gasteiger partial charge on any atom is 0.166 e. The second-order valence-electron chi connectivity index (χ2n) is 4.04. The van der Waals surface area contributed by atoms with Gasteiger partial charge in [0.15, 0.2) is 5.78 Å². The van der Waals surface area contributed by atoms with Gasteiger partial charge in [0.2, 0.25) is 0 Å². The number of ketones is 1. The summed E-state index contributed by atoms with van der Waals surface area (Å²) >= 11 is 5.60. The van der Waals surface area contributed by atoms with E-state index in [1.807, 2.05) is 36.9 Å². The van der Waals surface area contributed by atoms with Crippen molar-refractivity contribution in [1.29, 1.82) is 0 Å². The van der Waals surface area contributed by atoms with Crippen LogP contribution in [-0.2, 0) is 7.05 Å². The molecular formula is C13H14ClNO. The molecule has 2 aromatic rings. The molecule has 3 heteroatoms. The van der Waals surface area contributed by atoms with E-state index in [4.69, 9.17) is 11.6 Å². The van der Waals surface area contributed by atoms with Crippen LogP contribution in [0.25, 0.3) is 10.9 Å². The fourth-order valence-corrected chi connectivity index (χ4v) is 2.11. The van der Waals surface area contributed by atoms with E-state index in [2.05, 4.69) is 6.07 Å². The predicted octanol–water partition coefficient (Wildman–Crippen LogP) is 3.30. The number of Topliss-reactive ketones (excluding diaryl/α,β-unsaturated/α-hetero) is 1. The molecule has 0 fully saturated rings. The van der Waals surface area contributed by atoms with Gasteiger partial charge in [0.05, 0.1) is 0 Å². The van der Waals surface area contributed by atoms with Gasteiger partial charge in [-0.2, -0.15) is 0 Å². The maximum absolute atomic E-state index is 11.9. The van der Waals surface area contributed by atoms with Crippen molar-refractivity contribution in [3.63, 3.8) is 0 Å². The van der Waals surface area contributed by atoms with Crippen LogP contribution in [0.5, 0.6) is 0 Å². The number of rotatable bonds is 3. The molecule has 0 aliphatic carbocycles. The second kappa shape index (κ2) is 4.30. The summed E-state index contributed by atoms with van der Waals surface area (Å²) in [6.45, 7) is 2.05. The van der Waals surface area contributed by atoms with Gasteiger partial charge in [0, 0.05) is 42.0 Å². The largest absolute Gasteiger partial charge is 0.350 e. The third-order valence-corrected chi connectivity index (χ3v) is 2.96. The van der Waals surface area contributed by atoms with Crippen molar-refractivity contribution in [1.82, 2.24) is 4.57 Å². The van der Waals surface area contributed by atoms with Crippen molar-refractivity contribution in [2.24, 2.45) is 7.05 Å². The standard InChI is InChI=1S/C13H14ClNO/c1-9-3-4-10-11(13(16)5-6-14)8-15(2)12(10)7-9/h3-4,7-8H,5-6H2,1-2H3. The smallest absolute Gasteiger partial charge is 0.166 e. The Bertz CT molecular complexity index is 542. The lowest BCUT2D eigenvalue weighted by atomic mass is 10.1. The number of carbonyl (C=O) groups is 1. The van der Waals surface area contributed by atoms with Crippen LogP contribution in [0.15, 0.2) is 24.4 Å². The minimum atomic E-state index is 0.115. The van der Waals surface area contributed by atoms with E-state index in [1.165, 1.54) is 5.56 Å². The number of nitrogens with zero attached hydrogens (tertiary/aromatic N) is 1. The van der Waals surface area contributed by atoms with E-state index in [9.17, 15) is 4.79 Å². The lowest BCUT2D eigenvalue weighted by molar-refractivity contribution is 0.0990. The Morgan fingerprint density at radius 3 is 2.88 bits per heavy atom. The van der Waals surface area contributed by atoms with Crippen molar-refractivity contribution < 1.29 is 4.79 Å². The fraction of sp³-hybridized carbons (Fsp3) is 0.308. The van der Waals surface area contributed by atoms with Crippen molar-refractivity contribution in [3.05, 3.63) is 35.5 Å². The molecule has 0 atom stereocenters. The Kier molecular flexibility index (Phi) is 3.01. The molecule has 2 nitrogen and oxygen atoms in total. The first-order valence-electron chi connectivity index (χ1n) is 5.28. The van der Waals surface area contributed by atoms with Gasteiger partial charge in [-0.05, 0) is 18.6 Å². The van der Waals surface area contributed by atoms with Gasteiger partial charge in [-0.15, -0.1) is 11.6 Å². The lowest BCUT2D eigenvalue weighted by Gasteiger charge is -1.98. The molecule has 0 saturated carbocycles. The number of alkyl halides is 1. The molecule has 2 rings (SSSR count). The molecule has 0 aliphatic heterocycles. The number of benzene rings is 1. The third kappa shape index (κ3) is 1.85. The Balaban J connectivity index is 2.59. The molecule has 1 aromatic carbocycles. The monoisotopic (exact) mass is 235 g/mol. The number of carbonyl (C=O) groups excluding carboxylic acids is 1. The summed E-state index contributed by atoms with van der Waals surface area (Å²) in [4.78, 5) is 11.9. The Labute approximate surface area is 99.8 Å². The topological polar surface area (TPSA) is 22.0 Å². The van der Waals surface area contributed by atoms with Crippen LogP contribution in [0.4, 0.5) is 0 Å². The molecule has 0 amide bonds. The highest BCUT2D eigenvalue weighted by molar-refractivity contribution is 6.20. The molecule has 0 spiro atoms. The Morgan fingerprint density at radius 2 is 2.19 bits per heavy atom. The number of fused-ring (bicyclic) bond motifs is 1. The highest BCUT2D eigenvalue weighted by Gasteiger charge is 2.12. The zero-order valence-corrected chi connectivity index (χ0v) is 10.2. The average Bonchev–Trinajstić information content (AvgIpc) is 2.56. The number of aromatic nitrogens is 1. The van der Waals surface area contributed by atoms with Gasteiger partial charge in [-0.25, -0.2) is 0 Å². The summed E-state index contributed by atoms with van der Waals surface area (Å²) in [5, 5.41) is 1.02. The van der Waals surface area contributed by atoms with Crippen LogP contribution in [0.3, 0.4) is 0 Å². The Morgan fingerprint density at radius 1 is 1.44 bits per heavy atom. The molecule has 16 heavy (non-hydrogen) atoms. The fourth-order valence-electron chi connectivity index (χ4n) is 1.94. The zero-order valence-electron chi connectivity index (χ0n) is 9.46. The predicted molar refractivity (Wildman–Crippen MR) is 67.3 cm³/mol. The first-order valence-corrected chi connectivity index (χ1v) is 5.82. The molecule has 0 bridgehead atoms. The van der Waals surface area contributed by atoms with E-state index in [0.717, 1.165) is 16.5 Å². The highest BCUT2D eigenvalue weighted by atomic mass is 35.5. The summed E-state index contributed by atoms with van der Waals surface area (Å²) in [5.74, 6) is 0.491. The molecule has 84 valence electrons. The quantitative estimate of drug-likeness (QED) is 0.591. The number of halogens is 1. The van der Waals surface area contributed by atoms with Crippen LogP contribution in [0.2, 0.25) is 0 Å². The van der Waals surface area contributed by atoms with Crippen LogP contribution >= 0.6 is 11.6 Å². The molecule has 0 aliphatic rings. The van der Waals surface area contributed by atoms with Gasteiger partial charge in [0.1, 0.15) is 0 Å². The summed E-state index contributed by atoms with van der Waals surface area (Å²) in [7, 11) is 1.96. The molecule has 0 unspecified atom stereocenters. The normalized spacial score (nSPS) is 10.9. The molecule has 0 N–H and O–H groups in total. The van der Waals surface area contributed by atoms with Crippen LogP contribution in [0, 0.1) is 6.92 Å². The molecule has 0 saturated heterocycles. The van der Waals surface area contributed by atoms with E-state index >= 15 is 0 Å². The minimum absolute atomic E-state index is 0.115. The van der Waals surface area contributed by atoms with E-state index in [1.54, 1.807) is 0 Å². The molecule has 1 aromatic heterocycles. The number of aryl methyl sites for hydroxylation is 2. The zero-order chi connectivity index (χ0) is 11.7. The SMILES string of the molecule is Cc1ccc2c(C(=O)CCCl)cn(C)c2c1. The van der Waals surface area contributed by atoms with Crippen molar-refractivity contribution in [2.45, 2.75) is 13.3 Å². The second-order valence-corrected chi connectivity index (χ2v) is 4.41. The van der Waals surface area contributed by atoms with Crippen molar-refractivity contribution in [3.8, 4) is 0 Å². The highest BCUT2D eigenvalue weighted by Crippen LogP contribution is 2.23. The van der Waals surface area contributed by atoms with E-state index in [0.29, 0.717) is 12.3 Å². The van der Waals surface area contributed by atoms with Gasteiger partial charge in [-0.3, -0.25) is 4.79 Å². The third-order valence-electron chi connectivity index (χ3n) is 2.77. The van der Waals surface area contributed by atoms with Gasteiger partial charge >= 0.3 is 0 Å². The first kappa shape index (κ1) is 11.2. The van der Waals surface area contributed by atoms with Crippen molar-refractivity contribution >= 4 is 28.3 Å². The number of hydrogen-bond donors (Lipinski definition) is 0. The van der Waals surface area contributed by atoms with Gasteiger partial charge < -0.3 is 4.57 Å². The van der Waals surface area contributed by atoms with Gasteiger partial charge in [0.25, 0.3) is 0 Å². The first-order chi connectivity index (χ1) is 7.63.